The van der Waals surface area contributed by atoms with Crippen molar-refractivity contribution in [1.29, 1.82) is 0 Å². The summed E-state index contributed by atoms with van der Waals surface area (Å²) in [5, 5.41) is 8.99. The fourth-order valence-electron chi connectivity index (χ4n) is 2.17. The molecule has 0 aliphatic heterocycles. The lowest BCUT2D eigenvalue weighted by Crippen LogP contribution is -2.28. The van der Waals surface area contributed by atoms with E-state index in [2.05, 4.69) is 4.98 Å². The first-order valence-electron chi connectivity index (χ1n) is 6.08. The Balaban J connectivity index is 2.81. The molecule has 1 heterocycles. The molecule has 0 radical (unpaired) electrons. The number of aromatic nitrogens is 2. The first-order valence-corrected chi connectivity index (χ1v) is 6.46. The number of nitrogens with zero attached hydrogens (tertiary/aromatic N) is 2. The molecule has 110 valence electrons. The molecule has 0 unspecified atom stereocenters. The van der Waals surface area contributed by atoms with Crippen LogP contribution in [0.4, 0.5) is 4.39 Å². The minimum atomic E-state index is -1.06. The van der Waals surface area contributed by atoms with E-state index in [1.807, 2.05) is 0 Å². The Morgan fingerprint density at radius 1 is 1.43 bits per heavy atom. The molecule has 0 atom stereocenters. The molecule has 1 N–H and O–H groups in total. The molecule has 0 aliphatic rings. The second kappa shape index (κ2) is 5.65. The van der Waals surface area contributed by atoms with Gasteiger partial charge in [-0.3, -0.25) is 9.36 Å². The van der Waals surface area contributed by atoms with Crippen LogP contribution in [0.3, 0.4) is 0 Å². The van der Waals surface area contributed by atoms with Gasteiger partial charge in [0.15, 0.2) is 0 Å². The van der Waals surface area contributed by atoms with E-state index in [0.29, 0.717) is 17.0 Å². The van der Waals surface area contributed by atoms with Crippen LogP contribution in [0.2, 0.25) is 5.02 Å². The van der Waals surface area contributed by atoms with E-state index in [9.17, 15) is 14.0 Å². The van der Waals surface area contributed by atoms with Crippen molar-refractivity contribution in [2.45, 2.75) is 20.3 Å². The number of hydrogen-bond donors (Lipinski definition) is 1. The summed E-state index contributed by atoms with van der Waals surface area (Å²) < 4.78 is 15.0. The summed E-state index contributed by atoms with van der Waals surface area (Å²) in [5.74, 6) is -1.74. The smallest absolute Gasteiger partial charge is 0.352 e. The Labute approximate surface area is 124 Å². The molecule has 0 fully saturated rings. The quantitative estimate of drug-likeness (QED) is 0.944. The third-order valence-electron chi connectivity index (χ3n) is 3.15. The summed E-state index contributed by atoms with van der Waals surface area (Å²) >= 11 is 5.96. The van der Waals surface area contributed by atoms with Crippen LogP contribution in [0, 0.1) is 19.7 Å². The average molecular weight is 311 g/mol. The molecule has 21 heavy (non-hydrogen) atoms. The van der Waals surface area contributed by atoms with Crippen molar-refractivity contribution in [1.82, 2.24) is 9.55 Å². The van der Waals surface area contributed by atoms with Crippen LogP contribution >= 0.6 is 11.6 Å². The highest BCUT2D eigenvalue weighted by molar-refractivity contribution is 6.32. The third-order valence-corrected chi connectivity index (χ3v) is 3.46. The van der Waals surface area contributed by atoms with Gasteiger partial charge in [0.2, 0.25) is 0 Å². The van der Waals surface area contributed by atoms with Crippen LogP contribution < -0.4 is 5.69 Å². The summed E-state index contributed by atoms with van der Waals surface area (Å²) in [6, 6.07) is 4.04. The van der Waals surface area contributed by atoms with Gasteiger partial charge in [-0.1, -0.05) is 17.7 Å². The summed E-state index contributed by atoms with van der Waals surface area (Å²) in [6.45, 7) is 3.08. The predicted octanol–water partition coefficient (Wildman–Crippen LogP) is 2.27. The van der Waals surface area contributed by atoms with Gasteiger partial charge in [0, 0.05) is 17.0 Å². The Bertz CT molecular complexity index is 766. The highest BCUT2D eigenvalue weighted by Crippen LogP contribution is 2.24. The molecule has 0 spiro atoms. The minimum Gasteiger partial charge on any atom is -0.481 e. The lowest BCUT2D eigenvalue weighted by atomic mass is 10.1. The fraction of sp³-hybridized carbons (Fsp3) is 0.214. The highest BCUT2D eigenvalue weighted by atomic mass is 35.5. The molecular formula is C14H12ClFN2O3. The number of aliphatic carboxylic acids is 1. The van der Waals surface area contributed by atoms with Crippen LogP contribution in [0.1, 0.15) is 17.0 Å². The molecule has 1 aromatic heterocycles. The van der Waals surface area contributed by atoms with Crippen molar-refractivity contribution < 1.29 is 14.3 Å². The van der Waals surface area contributed by atoms with E-state index in [4.69, 9.17) is 16.7 Å². The SMILES string of the molecule is Cc1nc(=O)n(-c2c(F)cccc2Cl)c(C)c1CC(=O)O. The Hall–Kier alpha value is -2.21. The number of halogens is 2. The van der Waals surface area contributed by atoms with Crippen molar-refractivity contribution in [3.8, 4) is 5.69 Å². The summed E-state index contributed by atoms with van der Waals surface area (Å²) in [4.78, 5) is 26.8. The van der Waals surface area contributed by atoms with Gasteiger partial charge in [0.25, 0.3) is 0 Å². The largest absolute Gasteiger partial charge is 0.481 e. The van der Waals surface area contributed by atoms with Gasteiger partial charge in [-0.15, -0.1) is 0 Å². The zero-order valence-electron chi connectivity index (χ0n) is 11.4. The number of para-hydroxylation sites is 1. The van der Waals surface area contributed by atoms with E-state index in [-0.39, 0.29) is 17.1 Å². The van der Waals surface area contributed by atoms with Crippen molar-refractivity contribution in [3.63, 3.8) is 0 Å². The molecule has 1 aromatic carbocycles. The monoisotopic (exact) mass is 310 g/mol. The van der Waals surface area contributed by atoms with Crippen LogP contribution in [-0.2, 0) is 11.2 Å². The topological polar surface area (TPSA) is 72.2 Å². The van der Waals surface area contributed by atoms with Crippen LogP contribution in [-0.4, -0.2) is 20.6 Å². The van der Waals surface area contributed by atoms with Gasteiger partial charge in [-0.05, 0) is 26.0 Å². The Morgan fingerprint density at radius 2 is 2.10 bits per heavy atom. The lowest BCUT2D eigenvalue weighted by molar-refractivity contribution is -0.136. The van der Waals surface area contributed by atoms with E-state index >= 15 is 0 Å². The number of aryl methyl sites for hydroxylation is 1. The van der Waals surface area contributed by atoms with Gasteiger partial charge in [-0.25, -0.2) is 9.18 Å². The molecule has 2 rings (SSSR count). The molecule has 0 aliphatic carbocycles. The maximum Gasteiger partial charge on any atom is 0.352 e. The van der Waals surface area contributed by atoms with Crippen LogP contribution in [0.25, 0.3) is 5.69 Å². The summed E-state index contributed by atoms with van der Waals surface area (Å²) in [5.41, 5.74) is 0.152. The first-order chi connectivity index (χ1) is 9.82. The van der Waals surface area contributed by atoms with Crippen molar-refractivity contribution in [2.24, 2.45) is 0 Å². The van der Waals surface area contributed by atoms with Crippen molar-refractivity contribution >= 4 is 17.6 Å². The van der Waals surface area contributed by atoms with Gasteiger partial charge in [0.05, 0.1) is 11.4 Å². The lowest BCUT2D eigenvalue weighted by Gasteiger charge is -2.16. The number of carboxylic acid groups (broad SMARTS) is 1. The third kappa shape index (κ3) is 2.80. The standard InChI is InChI=1S/C14H12ClFN2O3/c1-7-9(6-12(19)20)8(2)18(14(21)17-7)13-10(15)4-3-5-11(13)16/h3-5H,6H2,1-2H3,(H,19,20). The normalized spacial score (nSPS) is 10.7. The summed E-state index contributed by atoms with van der Waals surface area (Å²) in [7, 11) is 0. The fourth-order valence-corrected chi connectivity index (χ4v) is 2.42. The number of hydrogen-bond acceptors (Lipinski definition) is 3. The highest BCUT2D eigenvalue weighted by Gasteiger charge is 2.19. The van der Waals surface area contributed by atoms with Gasteiger partial charge in [0.1, 0.15) is 11.5 Å². The maximum atomic E-state index is 14.0. The molecule has 7 heteroatoms. The van der Waals surface area contributed by atoms with Gasteiger partial charge >= 0.3 is 11.7 Å². The van der Waals surface area contributed by atoms with Gasteiger partial charge < -0.3 is 5.11 Å². The number of carbonyl (C=O) groups is 1. The minimum absolute atomic E-state index is 0.0483. The molecule has 0 amide bonds. The number of benzene rings is 1. The van der Waals surface area contributed by atoms with Crippen molar-refractivity contribution in [2.75, 3.05) is 0 Å². The maximum absolute atomic E-state index is 14.0. The molecule has 0 saturated carbocycles. The van der Waals surface area contributed by atoms with E-state index in [0.717, 1.165) is 4.57 Å². The predicted molar refractivity (Wildman–Crippen MR) is 75.6 cm³/mol. The Morgan fingerprint density at radius 3 is 2.67 bits per heavy atom. The molecule has 0 saturated heterocycles. The van der Waals surface area contributed by atoms with E-state index in [1.165, 1.54) is 25.1 Å². The Kier molecular flexibility index (Phi) is 4.09. The average Bonchev–Trinajstić information content (AvgIpc) is 2.37. The van der Waals surface area contributed by atoms with Crippen LogP contribution in [0.15, 0.2) is 23.0 Å². The molecule has 0 bridgehead atoms. The number of carboxylic acids is 1. The van der Waals surface area contributed by atoms with Crippen molar-refractivity contribution in [3.05, 3.63) is 56.5 Å². The van der Waals surface area contributed by atoms with E-state index in [1.54, 1.807) is 6.92 Å². The molecular weight excluding hydrogens is 299 g/mol. The van der Waals surface area contributed by atoms with E-state index < -0.39 is 17.5 Å². The zero-order valence-corrected chi connectivity index (χ0v) is 12.1. The molecule has 2 aromatic rings. The number of rotatable bonds is 3. The first kappa shape index (κ1) is 15.2. The zero-order chi connectivity index (χ0) is 15.7. The summed E-state index contributed by atoms with van der Waals surface area (Å²) in [6.07, 6.45) is -0.309. The van der Waals surface area contributed by atoms with Gasteiger partial charge in [-0.2, -0.15) is 4.98 Å². The molecule has 5 nitrogen and oxygen atoms in total. The van der Waals surface area contributed by atoms with Crippen LogP contribution in [0.5, 0.6) is 0 Å². The second-order valence-electron chi connectivity index (χ2n) is 4.52. The second-order valence-corrected chi connectivity index (χ2v) is 4.93.